The first-order valence-electron chi connectivity index (χ1n) is 12.8. The summed E-state index contributed by atoms with van der Waals surface area (Å²) < 4.78 is 6.00. The van der Waals surface area contributed by atoms with Crippen molar-refractivity contribution >= 4 is 40.5 Å². The van der Waals surface area contributed by atoms with Crippen LogP contribution in [-0.2, 0) is 4.79 Å². The van der Waals surface area contributed by atoms with Gasteiger partial charge in [-0.25, -0.2) is 4.98 Å². The number of carbonyl (C=O) groups excluding carboxylic acids is 1. The van der Waals surface area contributed by atoms with Gasteiger partial charge in [0.25, 0.3) is 0 Å². The Labute approximate surface area is 228 Å². The van der Waals surface area contributed by atoms with Gasteiger partial charge >= 0.3 is 0 Å². The molecule has 0 saturated carbocycles. The van der Waals surface area contributed by atoms with Crippen LogP contribution in [-0.4, -0.2) is 77.5 Å². The number of likely N-dealkylation sites (tertiary alicyclic amines) is 1. The minimum atomic E-state index is -0.0515. The highest BCUT2D eigenvalue weighted by atomic mass is 35.5. The van der Waals surface area contributed by atoms with Gasteiger partial charge < -0.3 is 30.1 Å². The minimum absolute atomic E-state index is 0.0515. The highest BCUT2D eigenvalue weighted by Crippen LogP contribution is 2.30. The highest BCUT2D eigenvalue weighted by molar-refractivity contribution is 6.31. The lowest BCUT2D eigenvalue weighted by molar-refractivity contribution is -0.129. The van der Waals surface area contributed by atoms with E-state index in [-0.39, 0.29) is 17.8 Å². The lowest BCUT2D eigenvalue weighted by Gasteiger charge is -2.39. The molecule has 5 rings (SSSR count). The summed E-state index contributed by atoms with van der Waals surface area (Å²) in [5, 5.41) is 6.96. The molecule has 2 aliphatic rings. The van der Waals surface area contributed by atoms with Crippen LogP contribution in [0.15, 0.2) is 67.4 Å². The van der Waals surface area contributed by atoms with Gasteiger partial charge in [0.15, 0.2) is 0 Å². The molecule has 3 aromatic rings. The summed E-state index contributed by atoms with van der Waals surface area (Å²) in [5.74, 6) is 1.19. The van der Waals surface area contributed by atoms with Crippen molar-refractivity contribution in [3.8, 4) is 11.6 Å². The van der Waals surface area contributed by atoms with Crippen molar-refractivity contribution < 1.29 is 9.53 Å². The van der Waals surface area contributed by atoms with E-state index >= 15 is 0 Å². The summed E-state index contributed by atoms with van der Waals surface area (Å²) in [4.78, 5) is 27.1. The van der Waals surface area contributed by atoms with Gasteiger partial charge in [0.1, 0.15) is 10.8 Å². The lowest BCUT2D eigenvalue weighted by Crippen LogP contribution is -2.56. The van der Waals surface area contributed by atoms with E-state index < -0.39 is 0 Å². The maximum atomic E-state index is 11.7. The van der Waals surface area contributed by atoms with Crippen LogP contribution in [0.4, 0.5) is 23.0 Å². The molecule has 1 aromatic heterocycles. The lowest BCUT2D eigenvalue weighted by atomic mass is 10.1. The van der Waals surface area contributed by atoms with Gasteiger partial charge in [0.05, 0.1) is 12.2 Å². The summed E-state index contributed by atoms with van der Waals surface area (Å²) >= 11 is 6.34. The van der Waals surface area contributed by atoms with E-state index in [0.29, 0.717) is 29.8 Å². The smallest absolute Gasteiger partial charge is 0.246 e. The maximum Gasteiger partial charge on any atom is 0.246 e. The third-order valence-corrected chi connectivity index (χ3v) is 7.07. The zero-order valence-corrected chi connectivity index (χ0v) is 22.2. The Bertz CT molecular complexity index is 1270. The number of nitrogens with zero attached hydrogens (tertiary/aromatic N) is 5. The molecule has 0 unspecified atom stereocenters. The molecule has 0 atom stereocenters. The zero-order chi connectivity index (χ0) is 26.5. The normalized spacial score (nSPS) is 16.1. The van der Waals surface area contributed by atoms with E-state index in [9.17, 15) is 4.79 Å². The van der Waals surface area contributed by atoms with Crippen molar-refractivity contribution in [3.63, 3.8) is 0 Å². The Balaban J connectivity index is 1.19. The highest BCUT2D eigenvalue weighted by Gasteiger charge is 2.29. The second-order valence-electron chi connectivity index (χ2n) is 9.36. The number of amides is 1. The fourth-order valence-electron chi connectivity index (χ4n) is 4.57. The number of hydrogen-bond acceptors (Lipinski definition) is 8. The molecule has 0 bridgehead atoms. The van der Waals surface area contributed by atoms with E-state index in [2.05, 4.69) is 56.0 Å². The van der Waals surface area contributed by atoms with E-state index in [1.54, 1.807) is 4.90 Å². The van der Waals surface area contributed by atoms with Gasteiger partial charge in [0, 0.05) is 62.4 Å². The summed E-state index contributed by atoms with van der Waals surface area (Å²) in [6.45, 7) is 12.4. The Morgan fingerprint density at radius 3 is 2.61 bits per heavy atom. The van der Waals surface area contributed by atoms with Crippen LogP contribution in [0.5, 0.6) is 11.6 Å². The summed E-state index contributed by atoms with van der Waals surface area (Å²) in [7, 11) is 0. The maximum absolute atomic E-state index is 11.7. The van der Waals surface area contributed by atoms with Crippen molar-refractivity contribution in [1.82, 2.24) is 19.8 Å². The van der Waals surface area contributed by atoms with Crippen LogP contribution in [0.3, 0.4) is 0 Å². The topological polar surface area (TPSA) is 85.9 Å². The number of ether oxygens (including phenoxy) is 1. The molecule has 198 valence electrons. The molecule has 2 saturated heterocycles. The first-order chi connectivity index (χ1) is 18.5. The predicted molar refractivity (Wildman–Crippen MR) is 152 cm³/mol. The third kappa shape index (κ3) is 6.17. The van der Waals surface area contributed by atoms with Crippen LogP contribution in [0, 0.1) is 0 Å². The largest absolute Gasteiger partial charge is 0.437 e. The fraction of sp³-hybridized carbons (Fsp3) is 0.321. The van der Waals surface area contributed by atoms with E-state index in [1.807, 2.05) is 36.4 Å². The number of hydrogen-bond donors (Lipinski definition) is 2. The van der Waals surface area contributed by atoms with Crippen molar-refractivity contribution in [2.24, 2.45) is 0 Å². The standard InChI is InChI=1S/C28H32ClN7O2/c1-3-26(37)36-18-22(19-36)31-21-6-5-7-24(16-21)38-27-25(29)17-30-28(33-27)32-20-8-10-23(11-9-20)35-14-12-34(4-2)13-15-35/h3,5-11,16-17,22,31H,1,4,12-15,18-19H2,2H3,(H,30,32,33). The molecule has 2 aliphatic heterocycles. The van der Waals surface area contributed by atoms with E-state index in [0.717, 1.165) is 44.1 Å². The number of rotatable bonds is 9. The molecule has 38 heavy (non-hydrogen) atoms. The van der Waals surface area contributed by atoms with Crippen LogP contribution in [0.25, 0.3) is 0 Å². The van der Waals surface area contributed by atoms with Crippen molar-refractivity contribution in [2.45, 2.75) is 13.0 Å². The average Bonchev–Trinajstić information content (AvgIpc) is 2.93. The Kier molecular flexibility index (Phi) is 7.95. The molecule has 0 spiro atoms. The molecule has 0 radical (unpaired) electrons. The third-order valence-electron chi connectivity index (χ3n) is 6.81. The minimum Gasteiger partial charge on any atom is -0.437 e. The first-order valence-corrected chi connectivity index (χ1v) is 13.2. The summed E-state index contributed by atoms with van der Waals surface area (Å²) in [5.41, 5.74) is 2.98. The van der Waals surface area contributed by atoms with Gasteiger partial charge in [-0.05, 0) is 49.0 Å². The molecule has 9 nitrogen and oxygen atoms in total. The summed E-state index contributed by atoms with van der Waals surface area (Å²) in [6.07, 6.45) is 2.86. The number of benzene rings is 2. The van der Waals surface area contributed by atoms with Gasteiger partial charge in [-0.1, -0.05) is 31.2 Å². The number of aromatic nitrogens is 2. The van der Waals surface area contributed by atoms with Crippen LogP contribution in [0.1, 0.15) is 6.92 Å². The Morgan fingerprint density at radius 1 is 1.13 bits per heavy atom. The second-order valence-corrected chi connectivity index (χ2v) is 9.77. The average molecular weight is 534 g/mol. The van der Waals surface area contributed by atoms with Crippen LogP contribution < -0.4 is 20.3 Å². The molecule has 0 aliphatic carbocycles. The summed E-state index contributed by atoms with van der Waals surface area (Å²) in [6, 6.07) is 16.0. The zero-order valence-electron chi connectivity index (χ0n) is 21.4. The molecular weight excluding hydrogens is 502 g/mol. The number of anilines is 4. The number of piperazine rings is 1. The molecule has 3 heterocycles. The monoisotopic (exact) mass is 533 g/mol. The number of halogens is 1. The molecule has 2 fully saturated rings. The number of carbonyl (C=O) groups is 1. The van der Waals surface area contributed by atoms with Crippen molar-refractivity contribution in [1.29, 1.82) is 0 Å². The van der Waals surface area contributed by atoms with Crippen LogP contribution >= 0.6 is 11.6 Å². The van der Waals surface area contributed by atoms with Gasteiger partial charge in [0.2, 0.25) is 17.7 Å². The second kappa shape index (κ2) is 11.7. The Hall–Kier alpha value is -3.82. The number of nitrogens with one attached hydrogen (secondary N) is 2. The first kappa shape index (κ1) is 25.8. The van der Waals surface area contributed by atoms with Gasteiger partial charge in [-0.2, -0.15) is 4.98 Å². The van der Waals surface area contributed by atoms with E-state index in [4.69, 9.17) is 16.3 Å². The van der Waals surface area contributed by atoms with Gasteiger partial charge in [-0.3, -0.25) is 4.79 Å². The van der Waals surface area contributed by atoms with Crippen LogP contribution in [0.2, 0.25) is 5.02 Å². The molecule has 10 heteroatoms. The predicted octanol–water partition coefficient (Wildman–Crippen LogP) is 4.62. The SMILES string of the molecule is C=CC(=O)N1CC(Nc2cccc(Oc3nc(Nc4ccc(N5CCN(CC)CC5)cc4)ncc3Cl)c2)C1. The molecular formula is C28H32ClN7O2. The van der Waals surface area contributed by atoms with Crippen molar-refractivity contribution in [3.05, 3.63) is 72.4 Å². The molecule has 1 amide bonds. The fourth-order valence-corrected chi connectivity index (χ4v) is 4.70. The van der Waals surface area contributed by atoms with Crippen molar-refractivity contribution in [2.75, 3.05) is 61.3 Å². The van der Waals surface area contributed by atoms with E-state index in [1.165, 1.54) is 18.0 Å². The quantitative estimate of drug-likeness (QED) is 0.385. The Morgan fingerprint density at radius 2 is 1.89 bits per heavy atom. The molecule has 2 aromatic carbocycles. The molecule has 2 N–H and O–H groups in total. The van der Waals surface area contributed by atoms with Gasteiger partial charge in [-0.15, -0.1) is 0 Å². The number of likely N-dealkylation sites (N-methyl/N-ethyl adjacent to an activating group) is 1.